The predicted octanol–water partition coefficient (Wildman–Crippen LogP) is -4.18. The summed E-state index contributed by atoms with van der Waals surface area (Å²) >= 11 is 1.46. The number of hydrogen-bond donors (Lipinski definition) is 2. The van der Waals surface area contributed by atoms with Crippen LogP contribution in [0, 0.1) is 0 Å². The molecule has 0 bridgehead atoms. The van der Waals surface area contributed by atoms with Crippen molar-refractivity contribution in [1.29, 1.82) is 0 Å². The highest BCUT2D eigenvalue weighted by Gasteiger charge is 1.87. The lowest BCUT2D eigenvalue weighted by Gasteiger charge is -1.78. The zero-order valence-electron chi connectivity index (χ0n) is 4.15. The van der Waals surface area contributed by atoms with Crippen molar-refractivity contribution in [2.24, 2.45) is 5.73 Å². The first-order valence-electron chi connectivity index (χ1n) is 1.78. The Hall–Kier alpha value is 0.300. The van der Waals surface area contributed by atoms with Gasteiger partial charge in [-0.3, -0.25) is 11.1 Å². The van der Waals surface area contributed by atoms with E-state index in [0.29, 0.717) is 5.17 Å². The summed E-state index contributed by atoms with van der Waals surface area (Å²) < 4.78 is 0. The third kappa shape index (κ3) is 10.7. The van der Waals surface area contributed by atoms with Crippen LogP contribution in [-0.2, 0) is 0 Å². The minimum absolute atomic E-state index is 0. The first-order chi connectivity index (χ1) is 2.77. The molecule has 0 unspecified atom stereocenters. The van der Waals surface area contributed by atoms with Gasteiger partial charge in [0.05, 0.1) is 0 Å². The normalized spacial score (nSPS) is 7.00. The molecular formula is C3H9BrN2S. The molecule has 0 aliphatic heterocycles. The quantitative estimate of drug-likeness (QED) is 0.190. The van der Waals surface area contributed by atoms with Gasteiger partial charge in [0, 0.05) is 5.75 Å². The van der Waals surface area contributed by atoms with E-state index in [-0.39, 0.29) is 17.0 Å². The van der Waals surface area contributed by atoms with Gasteiger partial charge in [-0.05, 0) is 11.8 Å². The smallest absolute Gasteiger partial charge is 0.299 e. The van der Waals surface area contributed by atoms with Crippen LogP contribution in [0.1, 0.15) is 6.92 Å². The van der Waals surface area contributed by atoms with E-state index in [1.165, 1.54) is 11.8 Å². The summed E-state index contributed by atoms with van der Waals surface area (Å²) in [4.78, 5) is 0. The van der Waals surface area contributed by atoms with E-state index in [1.807, 2.05) is 6.92 Å². The van der Waals surface area contributed by atoms with Crippen molar-refractivity contribution in [2.75, 3.05) is 5.75 Å². The van der Waals surface area contributed by atoms with Crippen LogP contribution in [0.2, 0.25) is 0 Å². The van der Waals surface area contributed by atoms with Gasteiger partial charge in [0.1, 0.15) is 0 Å². The summed E-state index contributed by atoms with van der Waals surface area (Å²) in [5.74, 6) is 0.961. The van der Waals surface area contributed by atoms with E-state index < -0.39 is 0 Å². The molecule has 0 atom stereocenters. The van der Waals surface area contributed by atoms with E-state index in [4.69, 9.17) is 11.1 Å². The highest BCUT2D eigenvalue weighted by Crippen LogP contribution is 1.89. The second kappa shape index (κ2) is 6.30. The molecule has 0 aromatic carbocycles. The van der Waals surface area contributed by atoms with E-state index in [9.17, 15) is 0 Å². The maximum Gasteiger partial charge on any atom is 0.299 e. The number of halogens is 1. The lowest BCUT2D eigenvalue weighted by Crippen LogP contribution is -3.00. The van der Waals surface area contributed by atoms with Crippen molar-refractivity contribution in [1.82, 2.24) is 0 Å². The summed E-state index contributed by atoms with van der Waals surface area (Å²) in [6.45, 7) is 2.00. The molecular weight excluding hydrogens is 179 g/mol. The number of hydrogen-bond acceptors (Lipinski definition) is 1. The van der Waals surface area contributed by atoms with Crippen LogP contribution in [-0.4, -0.2) is 10.9 Å². The standard InChI is InChI=1S/C3H8N2S.BrH/c1-2-6-3(4)5;/h2H2,1H3,(H3,4,5);1H/i3+1,4+1,5+1;. The van der Waals surface area contributed by atoms with Crippen molar-refractivity contribution >= 4 is 16.9 Å². The third-order valence-electron chi connectivity index (χ3n) is 0.311. The molecule has 7 heavy (non-hydrogen) atoms. The fourth-order valence-corrected chi connectivity index (χ4v) is 0.500. The summed E-state index contributed by atoms with van der Waals surface area (Å²) in [6.07, 6.45) is 0. The zero-order chi connectivity index (χ0) is 4.99. The van der Waals surface area contributed by atoms with E-state index >= 15 is 0 Å². The van der Waals surface area contributed by atoms with Gasteiger partial charge in [0.15, 0.2) is 0 Å². The van der Waals surface area contributed by atoms with E-state index in [1.54, 1.807) is 0 Å². The van der Waals surface area contributed by atoms with Crippen molar-refractivity contribution < 1.29 is 22.4 Å². The zero-order valence-corrected chi connectivity index (χ0v) is 6.55. The van der Waals surface area contributed by atoms with Crippen molar-refractivity contribution in [2.45, 2.75) is 6.92 Å². The summed E-state index contributed by atoms with van der Waals surface area (Å²) in [5.41, 5.74) is 5.06. The van der Waals surface area contributed by atoms with E-state index in [2.05, 4.69) is 0 Å². The summed E-state index contributed by atoms with van der Waals surface area (Å²) in [6, 6.07) is 0. The van der Waals surface area contributed by atoms with Crippen molar-refractivity contribution in [3.8, 4) is 0 Å². The topological polar surface area (TPSA) is 51.6 Å². The maximum absolute atomic E-state index is 5.06. The Kier molecular flexibility index (Phi) is 9.28. The number of rotatable bonds is 1. The highest BCUT2D eigenvalue weighted by atomic mass is 79.9. The molecule has 2 nitrogen and oxygen atoms in total. The lowest BCUT2D eigenvalue weighted by molar-refractivity contribution is -0.110. The van der Waals surface area contributed by atoms with Gasteiger partial charge < -0.3 is 17.0 Å². The number of amidine groups is 1. The van der Waals surface area contributed by atoms with Gasteiger partial charge in [-0.15, -0.1) is 0 Å². The van der Waals surface area contributed by atoms with Gasteiger partial charge in [0.25, 0.3) is 5.17 Å². The third-order valence-corrected chi connectivity index (χ3v) is 0.933. The molecule has 0 radical (unpaired) electrons. The molecule has 0 aromatic heterocycles. The lowest BCUT2D eigenvalue weighted by atomic mass is 11.0. The van der Waals surface area contributed by atoms with E-state index in [0.717, 1.165) is 5.75 Å². The van der Waals surface area contributed by atoms with Crippen LogP contribution in [0.15, 0.2) is 0 Å². The Bertz CT molecular complexity index is 56.9. The Balaban J connectivity index is 0. The molecule has 0 heterocycles. The van der Waals surface area contributed by atoms with Crippen LogP contribution in [0.4, 0.5) is 0 Å². The predicted molar refractivity (Wildman–Crippen MR) is 29.3 cm³/mol. The molecule has 0 saturated heterocycles. The van der Waals surface area contributed by atoms with Gasteiger partial charge in [0.2, 0.25) is 0 Å². The minimum Gasteiger partial charge on any atom is -1.00 e. The monoisotopic (exact) mass is 187 g/mol. The molecule has 0 aromatic rings. The first-order valence-corrected chi connectivity index (χ1v) is 2.76. The van der Waals surface area contributed by atoms with Gasteiger partial charge in [-0.1, -0.05) is 6.92 Å². The average Bonchev–Trinajstić information content (AvgIpc) is 1.35. The fraction of sp³-hybridized carbons (Fsp3) is 0.667. The molecule has 0 fully saturated rings. The van der Waals surface area contributed by atoms with Gasteiger partial charge in [-0.2, -0.15) is 0 Å². The van der Waals surface area contributed by atoms with Gasteiger partial charge in [-0.25, -0.2) is 0 Å². The molecule has 0 aliphatic carbocycles. The molecule has 0 amide bonds. The molecule has 0 spiro atoms. The highest BCUT2D eigenvalue weighted by molar-refractivity contribution is 8.13. The number of thioether (sulfide) groups is 1. The molecule has 0 saturated carbocycles. The van der Waals surface area contributed by atoms with Crippen LogP contribution in [0.25, 0.3) is 0 Å². The summed E-state index contributed by atoms with van der Waals surface area (Å²) in [5, 5.41) is 5.52. The van der Waals surface area contributed by atoms with Gasteiger partial charge >= 0.3 is 0 Å². The largest absolute Gasteiger partial charge is 1.00 e. The molecule has 0 rings (SSSR count). The Morgan fingerprint density at radius 1 is 1.86 bits per heavy atom. The van der Waals surface area contributed by atoms with Crippen LogP contribution in [0.5, 0.6) is 0 Å². The maximum atomic E-state index is 5.06. The van der Waals surface area contributed by atoms with Crippen LogP contribution >= 0.6 is 11.8 Å². The molecule has 4 heteroatoms. The fourth-order valence-electron chi connectivity index (χ4n) is 0.167. The first kappa shape index (κ1) is 10.3. The molecule has 4 N–H and O–H groups in total. The second-order valence-electron chi connectivity index (χ2n) is 0.835. The Labute approximate surface area is 58.1 Å². The Morgan fingerprint density at radius 2 is 2.29 bits per heavy atom. The van der Waals surface area contributed by atoms with Crippen LogP contribution < -0.4 is 28.1 Å². The van der Waals surface area contributed by atoms with Crippen molar-refractivity contribution in [3.63, 3.8) is 0 Å². The Morgan fingerprint density at radius 3 is 2.29 bits per heavy atom. The van der Waals surface area contributed by atoms with Crippen LogP contribution in [0.3, 0.4) is 0 Å². The molecule has 44 valence electrons. The SMILES string of the molecule is CCS[13C]([15NH2])=[15NH2+].[Br-]. The van der Waals surface area contributed by atoms with Crippen molar-refractivity contribution in [3.05, 3.63) is 0 Å². The summed E-state index contributed by atoms with van der Waals surface area (Å²) in [7, 11) is 0. The second-order valence-corrected chi connectivity index (χ2v) is 2.17. The molecule has 0 aliphatic rings. The number of nitrogens with two attached hydrogens (primary N) is 2. The minimum atomic E-state index is 0. The average molecular weight is 188 g/mol.